The van der Waals surface area contributed by atoms with E-state index in [4.69, 9.17) is 0 Å². The molecule has 1 N–H and O–H groups in total. The van der Waals surface area contributed by atoms with Crippen LogP contribution in [0, 0.1) is 9.49 Å². The van der Waals surface area contributed by atoms with Gasteiger partial charge in [0.25, 0.3) is 0 Å². The van der Waals surface area contributed by atoms with Crippen molar-refractivity contribution in [2.45, 2.75) is 50.7 Å². The fourth-order valence-electron chi connectivity index (χ4n) is 3.90. The minimum Gasteiger partial charge on any atom is -0.310 e. The van der Waals surface area contributed by atoms with Gasteiger partial charge in [-0.25, -0.2) is 0 Å². The summed E-state index contributed by atoms with van der Waals surface area (Å²) in [4.78, 5) is 2.62. The molecule has 2 aliphatic heterocycles. The van der Waals surface area contributed by atoms with E-state index >= 15 is 0 Å². The van der Waals surface area contributed by atoms with Crippen molar-refractivity contribution in [2.24, 2.45) is 5.92 Å². The molecular weight excluding hydrogens is 359 g/mol. The first-order chi connectivity index (χ1) is 9.63. The van der Waals surface area contributed by atoms with Crippen LogP contribution in [0.3, 0.4) is 0 Å². The summed E-state index contributed by atoms with van der Waals surface area (Å²) in [6, 6.07) is 11.1. The van der Waals surface area contributed by atoms with Gasteiger partial charge in [0.15, 0.2) is 0 Å². The molecule has 0 spiro atoms. The average molecular weight is 384 g/mol. The summed E-state index contributed by atoms with van der Waals surface area (Å²) in [6.07, 6.45) is 5.62. The molecule has 3 unspecified atom stereocenters. The average Bonchev–Trinajstić information content (AvgIpc) is 2.66. The Balaban J connectivity index is 1.51. The Morgan fingerprint density at radius 1 is 1.20 bits per heavy atom. The van der Waals surface area contributed by atoms with Gasteiger partial charge < -0.3 is 10.2 Å². The highest BCUT2D eigenvalue weighted by Crippen LogP contribution is 2.37. The highest BCUT2D eigenvalue weighted by Gasteiger charge is 2.38. The van der Waals surface area contributed by atoms with Crippen LogP contribution in [-0.4, -0.2) is 30.6 Å². The number of fused-ring (bicyclic) bond motifs is 2. The predicted octanol–water partition coefficient (Wildman–Crippen LogP) is 3.81. The summed E-state index contributed by atoms with van der Waals surface area (Å²) in [7, 11) is 2.32. The lowest BCUT2D eigenvalue weighted by atomic mass is 9.90. The molecule has 3 rings (SSSR count). The molecule has 110 valence electrons. The largest absolute Gasteiger partial charge is 0.310 e. The quantitative estimate of drug-likeness (QED) is 0.795. The second-order valence-corrected chi connectivity index (χ2v) is 7.82. The van der Waals surface area contributed by atoms with Crippen molar-refractivity contribution in [2.75, 3.05) is 13.6 Å². The first-order valence-corrected chi connectivity index (χ1v) is 8.92. The summed E-state index contributed by atoms with van der Waals surface area (Å²) in [5, 5.41) is 3.75. The van der Waals surface area contributed by atoms with Crippen molar-refractivity contribution < 1.29 is 0 Å². The van der Waals surface area contributed by atoms with Crippen molar-refractivity contribution in [3.63, 3.8) is 0 Å². The minimum absolute atomic E-state index is 0.462. The predicted molar refractivity (Wildman–Crippen MR) is 92.9 cm³/mol. The number of nitrogens with one attached hydrogen (secondary N) is 1. The van der Waals surface area contributed by atoms with Gasteiger partial charge in [-0.05, 0) is 92.4 Å². The number of halogens is 1. The molecule has 2 heterocycles. The van der Waals surface area contributed by atoms with Crippen LogP contribution in [0.25, 0.3) is 0 Å². The smallest absolute Gasteiger partial charge is 0.0291 e. The monoisotopic (exact) mass is 384 g/mol. The van der Waals surface area contributed by atoms with Crippen LogP contribution in [0.4, 0.5) is 0 Å². The van der Waals surface area contributed by atoms with E-state index in [0.717, 1.165) is 18.0 Å². The molecule has 2 aliphatic rings. The minimum atomic E-state index is 0.462. The molecule has 0 aromatic heterocycles. The van der Waals surface area contributed by atoms with Crippen LogP contribution >= 0.6 is 22.6 Å². The van der Waals surface area contributed by atoms with Crippen molar-refractivity contribution in [1.29, 1.82) is 0 Å². The maximum absolute atomic E-state index is 3.75. The van der Waals surface area contributed by atoms with Gasteiger partial charge in [0.2, 0.25) is 0 Å². The number of benzene rings is 1. The molecule has 20 heavy (non-hydrogen) atoms. The molecule has 0 amide bonds. The van der Waals surface area contributed by atoms with Gasteiger partial charge in [-0.3, -0.25) is 0 Å². The van der Waals surface area contributed by atoms with E-state index in [2.05, 4.69) is 71.0 Å². The fourth-order valence-corrected chi connectivity index (χ4v) is 4.26. The second-order valence-electron chi connectivity index (χ2n) is 6.57. The zero-order valence-electron chi connectivity index (χ0n) is 12.5. The van der Waals surface area contributed by atoms with Gasteiger partial charge in [-0.15, -0.1) is 0 Å². The molecule has 2 bridgehead atoms. The Bertz CT molecular complexity index is 431. The number of nitrogens with zero attached hydrogens (tertiary/aromatic N) is 1. The van der Waals surface area contributed by atoms with E-state index in [-0.39, 0.29) is 0 Å². The molecular formula is C17H25IN2. The molecule has 2 saturated heterocycles. The third-order valence-corrected chi connectivity index (χ3v) is 6.00. The first kappa shape index (κ1) is 14.8. The van der Waals surface area contributed by atoms with Crippen LogP contribution in [0.15, 0.2) is 24.3 Å². The van der Waals surface area contributed by atoms with E-state index in [9.17, 15) is 0 Å². The number of rotatable bonds is 4. The van der Waals surface area contributed by atoms with Crippen LogP contribution in [0.2, 0.25) is 0 Å². The lowest BCUT2D eigenvalue weighted by Gasteiger charge is -2.36. The summed E-state index contributed by atoms with van der Waals surface area (Å²) in [5.41, 5.74) is 1.40. The zero-order chi connectivity index (χ0) is 14.1. The fraction of sp³-hybridized carbons (Fsp3) is 0.647. The van der Waals surface area contributed by atoms with E-state index in [1.807, 2.05) is 0 Å². The highest BCUT2D eigenvalue weighted by molar-refractivity contribution is 14.1. The summed E-state index contributed by atoms with van der Waals surface area (Å²) in [5.74, 6) is 0.870. The van der Waals surface area contributed by atoms with E-state index in [1.54, 1.807) is 0 Å². The third kappa shape index (κ3) is 3.20. The normalized spacial score (nSPS) is 31.4. The van der Waals surface area contributed by atoms with Gasteiger partial charge in [0.05, 0.1) is 0 Å². The van der Waals surface area contributed by atoms with Crippen molar-refractivity contribution in [3.8, 4) is 0 Å². The molecule has 1 aromatic rings. The highest BCUT2D eigenvalue weighted by atomic mass is 127. The van der Waals surface area contributed by atoms with Crippen LogP contribution in [-0.2, 0) is 0 Å². The van der Waals surface area contributed by atoms with Crippen LogP contribution < -0.4 is 5.32 Å². The molecule has 0 aliphatic carbocycles. The Hall–Kier alpha value is -0.130. The lowest BCUT2D eigenvalue weighted by molar-refractivity contribution is 0.131. The Morgan fingerprint density at radius 3 is 2.40 bits per heavy atom. The van der Waals surface area contributed by atoms with Gasteiger partial charge in [0.1, 0.15) is 0 Å². The van der Waals surface area contributed by atoms with Gasteiger partial charge in [0, 0.05) is 21.7 Å². The van der Waals surface area contributed by atoms with Crippen molar-refractivity contribution >= 4 is 22.6 Å². The Morgan fingerprint density at radius 2 is 1.80 bits per heavy atom. The molecule has 0 saturated carbocycles. The number of hydrogen-bond acceptors (Lipinski definition) is 2. The molecule has 3 atom stereocenters. The topological polar surface area (TPSA) is 15.3 Å². The van der Waals surface area contributed by atoms with Gasteiger partial charge in [-0.2, -0.15) is 0 Å². The summed E-state index contributed by atoms with van der Waals surface area (Å²) < 4.78 is 1.31. The summed E-state index contributed by atoms with van der Waals surface area (Å²) in [6.45, 7) is 3.46. The van der Waals surface area contributed by atoms with Crippen molar-refractivity contribution in [3.05, 3.63) is 33.4 Å². The number of hydrogen-bond donors (Lipinski definition) is 1. The van der Waals surface area contributed by atoms with E-state index in [1.165, 1.54) is 41.4 Å². The van der Waals surface area contributed by atoms with Crippen LogP contribution in [0.1, 0.15) is 44.2 Å². The number of piperidine rings is 1. The van der Waals surface area contributed by atoms with Gasteiger partial charge >= 0.3 is 0 Å². The van der Waals surface area contributed by atoms with E-state index < -0.39 is 0 Å². The Labute approximate surface area is 136 Å². The standard InChI is InChI=1S/C17H25IN2/c1-12(14-3-5-15(18)6-4-14)19-11-13-9-16-7-8-17(10-13)20(16)2/h3-6,12-13,16-17,19H,7-11H2,1-2H3. The Kier molecular flexibility index (Phi) is 4.68. The van der Waals surface area contributed by atoms with E-state index in [0.29, 0.717) is 6.04 Å². The maximum Gasteiger partial charge on any atom is 0.0291 e. The summed E-state index contributed by atoms with van der Waals surface area (Å²) >= 11 is 2.36. The molecule has 3 heteroatoms. The van der Waals surface area contributed by atoms with Crippen LogP contribution in [0.5, 0.6) is 0 Å². The molecule has 2 nitrogen and oxygen atoms in total. The lowest BCUT2D eigenvalue weighted by Crippen LogP contribution is -2.42. The molecule has 1 aromatic carbocycles. The van der Waals surface area contributed by atoms with Crippen molar-refractivity contribution in [1.82, 2.24) is 10.2 Å². The third-order valence-electron chi connectivity index (χ3n) is 5.28. The SMILES string of the molecule is CC(NCC1CC2CCC(C1)N2C)c1ccc(I)cc1. The van der Waals surface area contributed by atoms with Gasteiger partial charge in [-0.1, -0.05) is 12.1 Å². The maximum atomic E-state index is 3.75. The second kappa shape index (κ2) is 6.32. The first-order valence-electron chi connectivity index (χ1n) is 7.84. The molecule has 0 radical (unpaired) electrons. The zero-order valence-corrected chi connectivity index (χ0v) is 14.6. The molecule has 2 fully saturated rings.